The van der Waals surface area contributed by atoms with Crippen molar-refractivity contribution in [2.45, 2.75) is 19.3 Å². The minimum Gasteiger partial charge on any atom is -0.507 e. The molecule has 1 aliphatic heterocycles. The average molecular weight is 363 g/mol. The van der Waals surface area contributed by atoms with Crippen molar-refractivity contribution >= 4 is 28.8 Å². The lowest BCUT2D eigenvalue weighted by atomic mass is 10.1. The molecule has 0 atom stereocenters. The SMILES string of the molecule is O=C(N/N=C\c1ccc(N2CCCCC2)o1)c1cc2ccccc2cc1O. The maximum atomic E-state index is 12.3. The number of amides is 1. The summed E-state index contributed by atoms with van der Waals surface area (Å²) in [6, 6.07) is 14.5. The Labute approximate surface area is 157 Å². The van der Waals surface area contributed by atoms with Crippen LogP contribution < -0.4 is 10.3 Å². The van der Waals surface area contributed by atoms with Gasteiger partial charge in [0.15, 0.2) is 5.88 Å². The van der Waals surface area contributed by atoms with Gasteiger partial charge in [0, 0.05) is 19.2 Å². The van der Waals surface area contributed by atoms with E-state index in [9.17, 15) is 9.90 Å². The van der Waals surface area contributed by atoms with Gasteiger partial charge >= 0.3 is 0 Å². The number of furan rings is 1. The summed E-state index contributed by atoms with van der Waals surface area (Å²) in [5.41, 5.74) is 2.62. The lowest BCUT2D eigenvalue weighted by Crippen LogP contribution is -2.28. The number of aromatic hydroxyl groups is 1. The van der Waals surface area contributed by atoms with Gasteiger partial charge in [0.1, 0.15) is 11.5 Å². The van der Waals surface area contributed by atoms with Gasteiger partial charge in [0.05, 0.1) is 11.8 Å². The first-order valence-corrected chi connectivity index (χ1v) is 9.11. The highest BCUT2D eigenvalue weighted by Gasteiger charge is 2.14. The summed E-state index contributed by atoms with van der Waals surface area (Å²) in [6.45, 7) is 2.00. The van der Waals surface area contributed by atoms with E-state index in [1.807, 2.05) is 36.4 Å². The molecular formula is C21H21N3O3. The first-order valence-electron chi connectivity index (χ1n) is 9.11. The van der Waals surface area contributed by atoms with Crippen LogP contribution in [-0.4, -0.2) is 30.3 Å². The van der Waals surface area contributed by atoms with Crippen LogP contribution in [0.3, 0.4) is 0 Å². The average Bonchev–Trinajstić information content (AvgIpc) is 3.17. The van der Waals surface area contributed by atoms with Gasteiger partial charge < -0.3 is 14.4 Å². The van der Waals surface area contributed by atoms with Crippen LogP contribution in [0.25, 0.3) is 10.8 Å². The van der Waals surface area contributed by atoms with Crippen LogP contribution in [-0.2, 0) is 0 Å². The molecule has 6 nitrogen and oxygen atoms in total. The topological polar surface area (TPSA) is 78.1 Å². The second kappa shape index (κ2) is 7.53. The van der Waals surface area contributed by atoms with E-state index in [0.717, 1.165) is 29.7 Å². The minimum absolute atomic E-state index is 0.0771. The van der Waals surface area contributed by atoms with Crippen molar-refractivity contribution in [3.05, 3.63) is 59.9 Å². The van der Waals surface area contributed by atoms with Crippen molar-refractivity contribution in [1.82, 2.24) is 5.43 Å². The number of fused-ring (bicyclic) bond motifs is 1. The molecule has 1 aromatic heterocycles. The molecule has 0 bridgehead atoms. The van der Waals surface area contributed by atoms with Crippen molar-refractivity contribution in [3.8, 4) is 5.75 Å². The number of phenols is 1. The van der Waals surface area contributed by atoms with Gasteiger partial charge in [-0.2, -0.15) is 5.10 Å². The minimum atomic E-state index is -0.475. The van der Waals surface area contributed by atoms with Gasteiger partial charge in [-0.3, -0.25) is 4.79 Å². The van der Waals surface area contributed by atoms with Crippen LogP contribution in [0.2, 0.25) is 0 Å². The number of rotatable bonds is 4. The summed E-state index contributed by atoms with van der Waals surface area (Å²) in [4.78, 5) is 14.5. The lowest BCUT2D eigenvalue weighted by molar-refractivity contribution is 0.0952. The number of benzene rings is 2. The molecule has 0 saturated carbocycles. The number of hydrogen-bond donors (Lipinski definition) is 2. The number of carbonyl (C=O) groups is 1. The molecule has 0 radical (unpaired) electrons. The standard InChI is InChI=1S/C21H21N3O3/c25-19-13-16-7-3-2-6-15(16)12-18(19)21(26)23-22-14-17-8-9-20(27-17)24-10-4-1-5-11-24/h2-3,6-9,12-14,25H,1,4-5,10-11H2,(H,23,26)/b22-14-. The zero-order chi connectivity index (χ0) is 18.6. The van der Waals surface area contributed by atoms with Gasteiger partial charge in [-0.05, 0) is 48.2 Å². The molecule has 6 heteroatoms. The fourth-order valence-corrected chi connectivity index (χ4v) is 3.32. The number of piperidine rings is 1. The van der Waals surface area contributed by atoms with Crippen molar-refractivity contribution in [2.75, 3.05) is 18.0 Å². The number of anilines is 1. The van der Waals surface area contributed by atoms with E-state index in [4.69, 9.17) is 4.42 Å². The molecule has 2 heterocycles. The molecule has 0 unspecified atom stereocenters. The maximum absolute atomic E-state index is 12.3. The molecule has 0 spiro atoms. The van der Waals surface area contributed by atoms with Crippen molar-refractivity contribution in [2.24, 2.45) is 5.10 Å². The van der Waals surface area contributed by atoms with Gasteiger partial charge in [0.25, 0.3) is 5.91 Å². The quantitative estimate of drug-likeness (QED) is 0.544. The van der Waals surface area contributed by atoms with Gasteiger partial charge in [-0.25, -0.2) is 5.43 Å². The van der Waals surface area contributed by atoms with Crippen molar-refractivity contribution in [3.63, 3.8) is 0 Å². The molecule has 2 aromatic carbocycles. The number of hydrazone groups is 1. The fourth-order valence-electron chi connectivity index (χ4n) is 3.32. The van der Waals surface area contributed by atoms with Crippen molar-refractivity contribution in [1.29, 1.82) is 0 Å². The highest BCUT2D eigenvalue weighted by atomic mass is 16.4. The molecule has 27 heavy (non-hydrogen) atoms. The first-order chi connectivity index (χ1) is 13.2. The first kappa shape index (κ1) is 17.1. The molecule has 2 N–H and O–H groups in total. The highest BCUT2D eigenvalue weighted by molar-refractivity contribution is 6.01. The number of hydrogen-bond acceptors (Lipinski definition) is 5. The fraction of sp³-hybridized carbons (Fsp3) is 0.238. The Hall–Kier alpha value is -3.28. The zero-order valence-corrected chi connectivity index (χ0v) is 14.9. The largest absolute Gasteiger partial charge is 0.507 e. The Bertz CT molecular complexity index is 987. The second-order valence-corrected chi connectivity index (χ2v) is 6.64. The van der Waals surface area contributed by atoms with E-state index in [0.29, 0.717) is 5.76 Å². The third-order valence-electron chi connectivity index (χ3n) is 4.75. The van der Waals surface area contributed by atoms with Crippen LogP contribution in [0.1, 0.15) is 35.4 Å². The normalized spacial score (nSPS) is 14.7. The Morgan fingerprint density at radius 2 is 1.81 bits per heavy atom. The van der Waals surface area contributed by atoms with E-state index < -0.39 is 5.91 Å². The van der Waals surface area contributed by atoms with Gasteiger partial charge in [0.2, 0.25) is 0 Å². The molecule has 1 amide bonds. The van der Waals surface area contributed by atoms with E-state index >= 15 is 0 Å². The van der Waals surface area contributed by atoms with Gasteiger partial charge in [-0.1, -0.05) is 24.3 Å². The molecule has 3 aromatic rings. The summed E-state index contributed by atoms with van der Waals surface area (Å²) in [5.74, 6) is 0.845. The summed E-state index contributed by atoms with van der Waals surface area (Å²) >= 11 is 0. The predicted molar refractivity (Wildman–Crippen MR) is 105 cm³/mol. The maximum Gasteiger partial charge on any atom is 0.275 e. The number of nitrogens with zero attached hydrogens (tertiary/aromatic N) is 2. The van der Waals surface area contributed by atoms with Crippen LogP contribution in [0, 0.1) is 0 Å². The van der Waals surface area contributed by atoms with Crippen LogP contribution in [0.15, 0.2) is 58.0 Å². The molecule has 0 aliphatic carbocycles. The summed E-state index contributed by atoms with van der Waals surface area (Å²) in [5, 5.41) is 15.8. The number of phenolic OH excluding ortho intramolecular Hbond substituents is 1. The number of carbonyl (C=O) groups excluding carboxylic acids is 1. The van der Waals surface area contributed by atoms with Gasteiger partial charge in [-0.15, -0.1) is 0 Å². The van der Waals surface area contributed by atoms with Crippen LogP contribution in [0.4, 0.5) is 5.88 Å². The van der Waals surface area contributed by atoms with Crippen molar-refractivity contribution < 1.29 is 14.3 Å². The monoisotopic (exact) mass is 363 g/mol. The Morgan fingerprint density at radius 1 is 1.07 bits per heavy atom. The third kappa shape index (κ3) is 3.79. The van der Waals surface area contributed by atoms with Crippen LogP contribution in [0.5, 0.6) is 5.75 Å². The molecule has 1 fully saturated rings. The van der Waals surface area contributed by atoms with Crippen LogP contribution >= 0.6 is 0 Å². The number of nitrogens with one attached hydrogen (secondary N) is 1. The van der Waals surface area contributed by atoms with E-state index in [-0.39, 0.29) is 11.3 Å². The predicted octanol–water partition coefficient (Wildman–Crippen LogP) is 3.89. The smallest absolute Gasteiger partial charge is 0.275 e. The summed E-state index contributed by atoms with van der Waals surface area (Å²) in [6.07, 6.45) is 5.08. The molecular weight excluding hydrogens is 342 g/mol. The molecule has 4 rings (SSSR count). The van der Waals surface area contributed by atoms with E-state index in [2.05, 4.69) is 15.4 Å². The lowest BCUT2D eigenvalue weighted by Gasteiger charge is -2.25. The molecule has 1 aliphatic rings. The third-order valence-corrected chi connectivity index (χ3v) is 4.75. The zero-order valence-electron chi connectivity index (χ0n) is 14.9. The summed E-state index contributed by atoms with van der Waals surface area (Å²) in [7, 11) is 0. The summed E-state index contributed by atoms with van der Waals surface area (Å²) < 4.78 is 5.77. The molecule has 1 saturated heterocycles. The Balaban J connectivity index is 1.43. The highest BCUT2D eigenvalue weighted by Crippen LogP contribution is 2.25. The Morgan fingerprint density at radius 3 is 2.59 bits per heavy atom. The van der Waals surface area contributed by atoms with E-state index in [1.54, 1.807) is 12.1 Å². The molecule has 138 valence electrons. The second-order valence-electron chi connectivity index (χ2n) is 6.64. The Kier molecular flexibility index (Phi) is 4.78. The van der Waals surface area contributed by atoms with E-state index in [1.165, 1.54) is 25.5 Å².